The van der Waals surface area contributed by atoms with Crippen molar-refractivity contribution in [3.05, 3.63) is 23.8 Å². The first-order valence-electron chi connectivity index (χ1n) is 9.93. The van der Waals surface area contributed by atoms with Gasteiger partial charge >= 0.3 is 5.97 Å². The van der Waals surface area contributed by atoms with Crippen LogP contribution in [0.5, 0.6) is 5.75 Å². The first kappa shape index (κ1) is 20.8. The van der Waals surface area contributed by atoms with Gasteiger partial charge in [-0.2, -0.15) is 0 Å². The van der Waals surface area contributed by atoms with Crippen LogP contribution < -0.4 is 9.64 Å². The molecule has 8 nitrogen and oxygen atoms in total. The van der Waals surface area contributed by atoms with Gasteiger partial charge in [0.2, 0.25) is 5.91 Å². The summed E-state index contributed by atoms with van der Waals surface area (Å²) >= 11 is 0. The first-order chi connectivity index (χ1) is 13.9. The summed E-state index contributed by atoms with van der Waals surface area (Å²) in [6, 6.07) is 4.95. The molecule has 2 heterocycles. The number of benzene rings is 1. The number of nitrogens with zero attached hydrogens (tertiary/aromatic N) is 2. The van der Waals surface area contributed by atoms with Gasteiger partial charge in [0.25, 0.3) is 5.91 Å². The number of hydrogen-bond acceptors (Lipinski definition) is 6. The molecule has 2 aliphatic rings. The minimum absolute atomic E-state index is 0.102. The maximum absolute atomic E-state index is 12.7. The maximum atomic E-state index is 12.7. The van der Waals surface area contributed by atoms with Crippen LogP contribution in [0.2, 0.25) is 0 Å². The summed E-state index contributed by atoms with van der Waals surface area (Å²) < 4.78 is 10.5. The van der Waals surface area contributed by atoms with Gasteiger partial charge in [-0.3, -0.25) is 19.2 Å². The van der Waals surface area contributed by atoms with E-state index in [0.717, 1.165) is 6.42 Å². The summed E-state index contributed by atoms with van der Waals surface area (Å²) in [6.45, 7) is 4.57. The van der Waals surface area contributed by atoms with Gasteiger partial charge in [-0.15, -0.1) is 0 Å². The van der Waals surface area contributed by atoms with Gasteiger partial charge in [0.15, 0.2) is 12.4 Å². The van der Waals surface area contributed by atoms with Gasteiger partial charge in [-0.1, -0.05) is 0 Å². The Morgan fingerprint density at radius 1 is 1.28 bits per heavy atom. The lowest BCUT2D eigenvalue weighted by Gasteiger charge is -2.33. The number of rotatable bonds is 6. The number of piperidine rings is 1. The van der Waals surface area contributed by atoms with E-state index in [4.69, 9.17) is 9.47 Å². The van der Waals surface area contributed by atoms with Crippen molar-refractivity contribution in [2.24, 2.45) is 5.92 Å². The Hall–Kier alpha value is -2.90. The number of hydrogen-bond donors (Lipinski definition) is 0. The standard InChI is InChI=1S/C21H26N2O6/c1-3-28-21(27)16-5-4-9-22(12-16)19(25)8-10-23-17-11-15(14(2)24)6-7-18(17)29-13-20(23)26/h6-7,11,16H,3-5,8-10,12-13H2,1-2H3. The smallest absolute Gasteiger partial charge is 0.310 e. The molecule has 0 bridgehead atoms. The molecule has 3 rings (SSSR count). The van der Waals surface area contributed by atoms with Crippen molar-refractivity contribution < 1.29 is 28.7 Å². The highest BCUT2D eigenvalue weighted by atomic mass is 16.5. The molecule has 2 aliphatic heterocycles. The molecule has 1 fully saturated rings. The Bertz CT molecular complexity index is 821. The van der Waals surface area contributed by atoms with Crippen molar-refractivity contribution in [2.75, 3.05) is 37.7 Å². The van der Waals surface area contributed by atoms with Crippen LogP contribution in [0.15, 0.2) is 18.2 Å². The van der Waals surface area contributed by atoms with Crippen LogP contribution in [0.1, 0.15) is 43.5 Å². The molecule has 1 saturated heterocycles. The van der Waals surface area contributed by atoms with E-state index in [0.29, 0.717) is 43.1 Å². The molecular weight excluding hydrogens is 376 g/mol. The Balaban J connectivity index is 1.66. The summed E-state index contributed by atoms with van der Waals surface area (Å²) in [6.07, 6.45) is 1.59. The monoisotopic (exact) mass is 402 g/mol. The zero-order chi connectivity index (χ0) is 21.0. The van der Waals surface area contributed by atoms with Crippen LogP contribution >= 0.6 is 0 Å². The Morgan fingerprint density at radius 3 is 2.79 bits per heavy atom. The molecular formula is C21H26N2O6. The highest BCUT2D eigenvalue weighted by molar-refractivity contribution is 6.01. The number of likely N-dealkylation sites (tertiary alicyclic amines) is 1. The second-order valence-electron chi connectivity index (χ2n) is 7.25. The number of fused-ring (bicyclic) bond motifs is 1. The normalized spacial score (nSPS) is 18.7. The fraction of sp³-hybridized carbons (Fsp3) is 0.524. The number of carbonyl (C=O) groups excluding carboxylic acids is 4. The molecule has 1 unspecified atom stereocenters. The maximum Gasteiger partial charge on any atom is 0.310 e. The summed E-state index contributed by atoms with van der Waals surface area (Å²) in [5, 5.41) is 0. The lowest BCUT2D eigenvalue weighted by atomic mass is 9.98. The zero-order valence-electron chi connectivity index (χ0n) is 16.8. The summed E-state index contributed by atoms with van der Waals surface area (Å²) in [4.78, 5) is 51.9. The topological polar surface area (TPSA) is 93.2 Å². The number of ketones is 1. The second kappa shape index (κ2) is 9.07. The van der Waals surface area contributed by atoms with Crippen molar-refractivity contribution in [1.82, 2.24) is 4.90 Å². The molecule has 0 aliphatic carbocycles. The molecule has 2 amide bonds. The van der Waals surface area contributed by atoms with Crippen molar-refractivity contribution >= 4 is 29.3 Å². The predicted octanol–water partition coefficient (Wildman–Crippen LogP) is 1.81. The number of amides is 2. The van der Waals surface area contributed by atoms with Crippen molar-refractivity contribution in [2.45, 2.75) is 33.1 Å². The predicted molar refractivity (Wildman–Crippen MR) is 105 cm³/mol. The quantitative estimate of drug-likeness (QED) is 0.532. The molecule has 0 N–H and O–H groups in total. The molecule has 1 aromatic rings. The molecule has 0 radical (unpaired) electrons. The van der Waals surface area contributed by atoms with Crippen molar-refractivity contribution in [3.63, 3.8) is 0 Å². The van der Waals surface area contributed by atoms with E-state index in [-0.39, 0.29) is 49.1 Å². The lowest BCUT2D eigenvalue weighted by molar-refractivity contribution is -0.151. The molecule has 0 aromatic heterocycles. The lowest BCUT2D eigenvalue weighted by Crippen LogP contribution is -2.45. The van der Waals surface area contributed by atoms with E-state index in [1.54, 1.807) is 30.0 Å². The van der Waals surface area contributed by atoms with E-state index >= 15 is 0 Å². The molecule has 0 saturated carbocycles. The number of anilines is 1. The Labute approximate surface area is 169 Å². The van der Waals surface area contributed by atoms with Crippen LogP contribution in [0, 0.1) is 5.92 Å². The number of ether oxygens (including phenoxy) is 2. The number of carbonyl (C=O) groups is 4. The van der Waals surface area contributed by atoms with Crippen LogP contribution in [0.25, 0.3) is 0 Å². The highest BCUT2D eigenvalue weighted by Gasteiger charge is 2.31. The highest BCUT2D eigenvalue weighted by Crippen LogP contribution is 2.33. The third kappa shape index (κ3) is 4.75. The first-order valence-corrected chi connectivity index (χ1v) is 9.93. The minimum atomic E-state index is -0.295. The van der Waals surface area contributed by atoms with Gasteiger partial charge in [-0.05, 0) is 44.9 Å². The number of esters is 1. The molecule has 29 heavy (non-hydrogen) atoms. The van der Waals surface area contributed by atoms with Crippen molar-refractivity contribution in [3.8, 4) is 5.75 Å². The Morgan fingerprint density at radius 2 is 2.07 bits per heavy atom. The van der Waals surface area contributed by atoms with Gasteiger partial charge in [-0.25, -0.2) is 0 Å². The molecule has 1 atom stereocenters. The van der Waals surface area contributed by atoms with Crippen LogP contribution in [0.3, 0.4) is 0 Å². The third-order valence-electron chi connectivity index (χ3n) is 5.25. The molecule has 8 heteroatoms. The van der Waals surface area contributed by atoms with E-state index < -0.39 is 0 Å². The summed E-state index contributed by atoms with van der Waals surface area (Å²) in [7, 11) is 0. The van der Waals surface area contributed by atoms with Gasteiger partial charge in [0.05, 0.1) is 18.2 Å². The summed E-state index contributed by atoms with van der Waals surface area (Å²) in [5.41, 5.74) is 0.983. The van der Waals surface area contributed by atoms with Crippen molar-refractivity contribution in [1.29, 1.82) is 0 Å². The van der Waals surface area contributed by atoms with Gasteiger partial charge in [0, 0.05) is 31.6 Å². The van der Waals surface area contributed by atoms with Crippen LogP contribution in [-0.2, 0) is 19.1 Å². The molecule has 1 aromatic carbocycles. The Kier molecular flexibility index (Phi) is 6.51. The SMILES string of the molecule is CCOC(=O)C1CCCN(C(=O)CCN2C(=O)COc3ccc(C(C)=O)cc32)C1. The van der Waals surface area contributed by atoms with E-state index in [1.165, 1.54) is 11.8 Å². The van der Waals surface area contributed by atoms with E-state index in [9.17, 15) is 19.2 Å². The van der Waals surface area contributed by atoms with E-state index in [1.807, 2.05) is 0 Å². The third-order valence-corrected chi connectivity index (χ3v) is 5.25. The van der Waals surface area contributed by atoms with Gasteiger partial charge in [0.1, 0.15) is 5.75 Å². The van der Waals surface area contributed by atoms with Crippen LogP contribution in [-0.4, -0.2) is 61.3 Å². The average Bonchev–Trinajstić information content (AvgIpc) is 2.72. The second-order valence-corrected chi connectivity index (χ2v) is 7.25. The minimum Gasteiger partial charge on any atom is -0.482 e. The van der Waals surface area contributed by atoms with E-state index in [2.05, 4.69) is 0 Å². The largest absolute Gasteiger partial charge is 0.482 e. The average molecular weight is 402 g/mol. The summed E-state index contributed by atoms with van der Waals surface area (Å²) in [5.74, 6) is -0.519. The fourth-order valence-electron chi connectivity index (χ4n) is 3.69. The molecule has 156 valence electrons. The van der Waals surface area contributed by atoms with Crippen LogP contribution in [0.4, 0.5) is 5.69 Å². The van der Waals surface area contributed by atoms with Gasteiger partial charge < -0.3 is 19.3 Å². The molecule has 0 spiro atoms. The zero-order valence-corrected chi connectivity index (χ0v) is 16.8. The fourth-order valence-corrected chi connectivity index (χ4v) is 3.69. The number of Topliss-reactive ketones (excluding diaryl/α,β-unsaturated/α-hetero) is 1.